The lowest BCUT2D eigenvalue weighted by atomic mass is 9.80. The number of aliphatic hydroxyl groups is 2. The Hall–Kier alpha value is -1.10. The van der Waals surface area contributed by atoms with Gasteiger partial charge in [-0.3, -0.25) is 19.2 Å². The van der Waals surface area contributed by atoms with Gasteiger partial charge in [0.15, 0.2) is 9.74 Å². The van der Waals surface area contributed by atoms with Gasteiger partial charge < -0.3 is 20.0 Å². The number of fused-ring (bicyclic) bond motifs is 2. The van der Waals surface area contributed by atoms with Crippen LogP contribution in [0.3, 0.4) is 0 Å². The van der Waals surface area contributed by atoms with Crippen LogP contribution in [0, 0.1) is 11.8 Å². The molecule has 148 valence electrons. The van der Waals surface area contributed by atoms with Gasteiger partial charge in [-0.25, -0.2) is 0 Å². The number of hydrogen-bond donors (Lipinski definition) is 2. The van der Waals surface area contributed by atoms with Crippen molar-refractivity contribution < 1.29 is 29.4 Å². The van der Waals surface area contributed by atoms with Crippen molar-refractivity contribution in [2.45, 2.75) is 70.2 Å². The second-order valence-corrected chi connectivity index (χ2v) is 12.2. The fourth-order valence-corrected chi connectivity index (χ4v) is 10.7. The van der Waals surface area contributed by atoms with Gasteiger partial charge >= 0.3 is 0 Å². The Morgan fingerprint density at radius 1 is 0.750 bits per heavy atom. The van der Waals surface area contributed by atoms with Crippen LogP contribution >= 0.6 is 23.5 Å². The summed E-state index contributed by atoms with van der Waals surface area (Å²) >= 11 is 2.49. The van der Waals surface area contributed by atoms with Crippen molar-refractivity contribution in [2.75, 3.05) is 0 Å². The van der Waals surface area contributed by atoms with E-state index >= 15 is 0 Å². The van der Waals surface area contributed by atoms with E-state index in [1.807, 2.05) is 0 Å². The zero-order valence-electron chi connectivity index (χ0n) is 14.7. The maximum Gasteiger partial charge on any atom is 0.261 e. The molecule has 10 heteroatoms. The van der Waals surface area contributed by atoms with Crippen molar-refractivity contribution in [3.63, 3.8) is 0 Å². The van der Waals surface area contributed by atoms with Gasteiger partial charge in [-0.05, 0) is 0 Å². The van der Waals surface area contributed by atoms with Gasteiger partial charge in [-0.15, -0.1) is 23.5 Å². The van der Waals surface area contributed by atoms with Crippen LogP contribution in [0.25, 0.3) is 0 Å². The van der Waals surface area contributed by atoms with E-state index in [1.165, 1.54) is 33.3 Å². The van der Waals surface area contributed by atoms with Crippen LogP contribution in [0.5, 0.6) is 0 Å². The Bertz CT molecular complexity index is 841. The number of carbonyl (C=O) groups excluding carboxylic acids is 4. The molecule has 0 spiro atoms. The Labute approximate surface area is 168 Å². The number of nitrogens with zero attached hydrogens (tertiary/aromatic N) is 2. The third-order valence-electron chi connectivity index (χ3n) is 8.08. The number of carbonyl (C=O) groups is 4. The number of hydrogen-bond acceptors (Lipinski definition) is 8. The van der Waals surface area contributed by atoms with Gasteiger partial charge in [0.2, 0.25) is 0 Å². The van der Waals surface area contributed by atoms with Crippen LogP contribution in [0.2, 0.25) is 0 Å². The fourth-order valence-electron chi connectivity index (χ4n) is 7.04. The van der Waals surface area contributed by atoms with Crippen LogP contribution in [-0.2, 0) is 19.2 Å². The molecule has 7 rings (SSSR count). The molecule has 0 radical (unpaired) electrons. The number of rotatable bonds is 0. The van der Waals surface area contributed by atoms with E-state index in [9.17, 15) is 29.4 Å². The number of Topliss-reactive ketones (excluding diaryl/α,β-unsaturated/α-hetero) is 2. The number of aliphatic hydroxyl groups excluding tert-OH is 2. The maximum absolute atomic E-state index is 13.9. The van der Waals surface area contributed by atoms with Crippen molar-refractivity contribution in [1.29, 1.82) is 0 Å². The number of amides is 2. The molecule has 8 nitrogen and oxygen atoms in total. The second kappa shape index (κ2) is 4.63. The molecule has 2 amide bonds. The molecule has 5 heterocycles. The van der Waals surface area contributed by atoms with Gasteiger partial charge in [0.1, 0.15) is 11.6 Å². The Morgan fingerprint density at radius 3 is 1.54 bits per heavy atom. The summed E-state index contributed by atoms with van der Waals surface area (Å²) in [7, 11) is 0. The highest BCUT2D eigenvalue weighted by atomic mass is 32.2. The van der Waals surface area contributed by atoms with Crippen molar-refractivity contribution in [3.05, 3.63) is 0 Å². The van der Waals surface area contributed by atoms with Crippen molar-refractivity contribution in [2.24, 2.45) is 11.8 Å². The number of piperazine rings is 1. The molecule has 5 aliphatic heterocycles. The molecule has 10 unspecified atom stereocenters. The predicted molar refractivity (Wildman–Crippen MR) is 97.0 cm³/mol. The van der Waals surface area contributed by atoms with Crippen LogP contribution in [0.1, 0.15) is 25.7 Å². The monoisotopic (exact) mass is 422 g/mol. The molecule has 10 atom stereocenters. The molecule has 2 N–H and O–H groups in total. The minimum atomic E-state index is -1.19. The zero-order chi connectivity index (χ0) is 19.3. The molecule has 2 saturated carbocycles. The average Bonchev–Trinajstić information content (AvgIpc) is 2.98. The van der Waals surface area contributed by atoms with Gasteiger partial charge in [0, 0.05) is 48.0 Å². The van der Waals surface area contributed by atoms with E-state index in [1.54, 1.807) is 0 Å². The normalized spacial score (nSPS) is 57.9. The lowest BCUT2D eigenvalue weighted by Gasteiger charge is -2.61. The first-order valence-electron chi connectivity index (χ1n) is 9.75. The topological polar surface area (TPSA) is 115 Å². The summed E-state index contributed by atoms with van der Waals surface area (Å²) in [6, 6.07) is -1.30. The molecule has 7 aliphatic rings. The van der Waals surface area contributed by atoms with Crippen molar-refractivity contribution in [3.8, 4) is 0 Å². The summed E-state index contributed by atoms with van der Waals surface area (Å²) in [6.07, 6.45) is -0.753. The lowest BCUT2D eigenvalue weighted by molar-refractivity contribution is -0.173. The number of thioether (sulfide) groups is 2. The summed E-state index contributed by atoms with van der Waals surface area (Å²) in [4.78, 5) is 53.7. The molecule has 0 aromatic rings. The second-order valence-electron chi connectivity index (χ2n) is 9.16. The highest BCUT2D eigenvalue weighted by Gasteiger charge is 2.81. The first kappa shape index (κ1) is 16.7. The third kappa shape index (κ3) is 1.45. The first-order chi connectivity index (χ1) is 13.3. The van der Waals surface area contributed by atoms with Gasteiger partial charge in [0.25, 0.3) is 11.8 Å². The summed E-state index contributed by atoms with van der Waals surface area (Å²) < 4.78 is 0. The number of ketones is 2. The minimum absolute atomic E-state index is 0.0169. The molecule has 0 aromatic carbocycles. The summed E-state index contributed by atoms with van der Waals surface area (Å²) in [5, 5.41) is 20.8. The fraction of sp³-hybridized carbons (Fsp3) is 0.778. The largest absolute Gasteiger partial charge is 0.390 e. The van der Waals surface area contributed by atoms with E-state index in [0.29, 0.717) is 0 Å². The van der Waals surface area contributed by atoms with Crippen molar-refractivity contribution >= 4 is 46.9 Å². The van der Waals surface area contributed by atoms with Crippen LogP contribution in [-0.4, -0.2) is 87.9 Å². The predicted octanol–water partition coefficient (Wildman–Crippen LogP) is -1.28. The molecule has 5 saturated heterocycles. The highest BCUT2D eigenvalue weighted by Crippen LogP contribution is 2.67. The van der Waals surface area contributed by atoms with E-state index in [2.05, 4.69) is 0 Å². The third-order valence-corrected chi connectivity index (χ3v) is 11.4. The summed E-state index contributed by atoms with van der Waals surface area (Å²) in [5.41, 5.74) is 0. The van der Waals surface area contributed by atoms with Gasteiger partial charge in [-0.2, -0.15) is 0 Å². The Morgan fingerprint density at radius 2 is 1.14 bits per heavy atom. The SMILES string of the molecule is O=C1CC2SC34CC1C(C2O)N3C(=O)C12CC3C(=O)CC(S1)C(O)C3N2C4=O. The molecular weight excluding hydrogens is 404 g/mol. The Kier molecular flexibility index (Phi) is 2.76. The standard InChI is InChI=1S/C18H18N2O6S2/c21-7-1-9-13(23)11-5(7)3-17(27-9)15(25)20-12-6-4-18(20,16(26)19(11)17)28-10(14(12)24)2-8(6)22/h5-6,9-14,23-24H,1-4H2. The van der Waals surface area contributed by atoms with E-state index < -0.39 is 56.4 Å². The van der Waals surface area contributed by atoms with Crippen molar-refractivity contribution in [1.82, 2.24) is 9.80 Å². The molecule has 6 bridgehead atoms. The molecule has 2 aliphatic carbocycles. The van der Waals surface area contributed by atoms with Crippen LogP contribution in [0.4, 0.5) is 0 Å². The van der Waals surface area contributed by atoms with Crippen LogP contribution < -0.4 is 0 Å². The minimum Gasteiger partial charge on any atom is -0.390 e. The molecule has 7 fully saturated rings. The smallest absolute Gasteiger partial charge is 0.261 e. The van der Waals surface area contributed by atoms with Gasteiger partial charge in [0.05, 0.1) is 24.3 Å². The first-order valence-corrected chi connectivity index (χ1v) is 11.5. The Balaban J connectivity index is 1.44. The highest BCUT2D eigenvalue weighted by molar-refractivity contribution is 8.03. The quantitative estimate of drug-likeness (QED) is 0.496. The van der Waals surface area contributed by atoms with E-state index in [-0.39, 0.29) is 49.1 Å². The summed E-state index contributed by atoms with van der Waals surface area (Å²) in [6.45, 7) is 0. The van der Waals surface area contributed by atoms with Gasteiger partial charge in [-0.1, -0.05) is 0 Å². The maximum atomic E-state index is 13.9. The lowest BCUT2D eigenvalue weighted by Crippen LogP contribution is -2.79. The summed E-state index contributed by atoms with van der Waals surface area (Å²) in [5.74, 6) is -1.52. The molecular formula is C18H18N2O6S2. The zero-order valence-corrected chi connectivity index (χ0v) is 16.3. The molecule has 28 heavy (non-hydrogen) atoms. The van der Waals surface area contributed by atoms with E-state index in [4.69, 9.17) is 0 Å². The average molecular weight is 422 g/mol. The van der Waals surface area contributed by atoms with Crippen LogP contribution in [0.15, 0.2) is 0 Å². The van der Waals surface area contributed by atoms with E-state index in [0.717, 1.165) is 0 Å². The molecule has 0 aromatic heterocycles.